The average molecular weight is 547 g/mol. The molecule has 4 amide bonds. The van der Waals surface area contributed by atoms with Crippen molar-refractivity contribution in [3.8, 4) is 0 Å². The Kier molecular flexibility index (Phi) is 12.1. The lowest BCUT2D eigenvalue weighted by atomic mass is 10.0. The average Bonchev–Trinajstić information content (AvgIpc) is 3.38. The number of aliphatic imine (C=N–C) groups is 1. The Bertz CT molecular complexity index is 1050. The number of amides is 4. The van der Waals surface area contributed by atoms with E-state index >= 15 is 0 Å². The summed E-state index contributed by atoms with van der Waals surface area (Å²) in [5.41, 5.74) is 22.8. The van der Waals surface area contributed by atoms with E-state index < -0.39 is 47.9 Å². The second kappa shape index (κ2) is 15.3. The summed E-state index contributed by atoms with van der Waals surface area (Å²) < 4.78 is 0. The molecular weight excluding hydrogens is 508 g/mol. The highest BCUT2D eigenvalue weighted by Gasteiger charge is 2.38. The van der Waals surface area contributed by atoms with Gasteiger partial charge >= 0.3 is 5.97 Å². The number of hydrogen-bond donors (Lipinski definition) is 7. The van der Waals surface area contributed by atoms with Crippen LogP contribution in [-0.2, 0) is 30.4 Å². The molecule has 14 heteroatoms. The molecule has 1 aliphatic rings. The van der Waals surface area contributed by atoms with Crippen LogP contribution in [0.5, 0.6) is 0 Å². The largest absolute Gasteiger partial charge is 0.480 e. The number of nitrogens with one attached hydrogen (secondary N) is 2. The third-order valence-electron chi connectivity index (χ3n) is 6.33. The molecular formula is C25H38N8O6. The van der Waals surface area contributed by atoms with E-state index in [1.807, 2.05) is 30.3 Å². The Morgan fingerprint density at radius 1 is 1.03 bits per heavy atom. The summed E-state index contributed by atoms with van der Waals surface area (Å²) in [5.74, 6) is -3.90. The first-order chi connectivity index (χ1) is 18.5. The Morgan fingerprint density at radius 3 is 2.33 bits per heavy atom. The van der Waals surface area contributed by atoms with E-state index in [1.54, 1.807) is 0 Å². The number of benzene rings is 1. The van der Waals surface area contributed by atoms with Gasteiger partial charge in [-0.05, 0) is 44.1 Å². The molecule has 1 aromatic carbocycles. The van der Waals surface area contributed by atoms with Gasteiger partial charge in [0.2, 0.25) is 23.6 Å². The molecule has 0 aromatic heterocycles. The maximum Gasteiger partial charge on any atom is 0.326 e. The van der Waals surface area contributed by atoms with Crippen LogP contribution in [0, 0.1) is 0 Å². The van der Waals surface area contributed by atoms with Crippen LogP contribution >= 0.6 is 0 Å². The number of aliphatic carboxylic acids is 1. The lowest BCUT2D eigenvalue weighted by molar-refractivity contribution is -0.143. The van der Waals surface area contributed by atoms with Gasteiger partial charge in [-0.3, -0.25) is 24.2 Å². The van der Waals surface area contributed by atoms with Crippen molar-refractivity contribution in [2.24, 2.45) is 27.9 Å². The first kappa shape index (κ1) is 31.0. The van der Waals surface area contributed by atoms with Gasteiger partial charge in [-0.25, -0.2) is 4.79 Å². The Morgan fingerprint density at radius 2 is 1.72 bits per heavy atom. The molecule has 39 heavy (non-hydrogen) atoms. The maximum atomic E-state index is 13.2. The number of carboxylic acids is 1. The number of nitrogens with two attached hydrogens (primary N) is 4. The van der Waals surface area contributed by atoms with Crippen LogP contribution in [0.4, 0.5) is 0 Å². The minimum atomic E-state index is -1.28. The van der Waals surface area contributed by atoms with Crippen LogP contribution < -0.4 is 33.6 Å². The van der Waals surface area contributed by atoms with Gasteiger partial charge in [0.1, 0.15) is 18.1 Å². The predicted octanol–water partition coefficient (Wildman–Crippen LogP) is -2.08. The van der Waals surface area contributed by atoms with Crippen molar-refractivity contribution >= 4 is 35.6 Å². The molecule has 0 aliphatic carbocycles. The minimum absolute atomic E-state index is 0.0263. The molecule has 2 rings (SSSR count). The molecule has 0 radical (unpaired) electrons. The van der Waals surface area contributed by atoms with Crippen molar-refractivity contribution in [3.05, 3.63) is 35.9 Å². The highest BCUT2D eigenvalue weighted by Crippen LogP contribution is 2.20. The molecule has 1 aliphatic heterocycles. The van der Waals surface area contributed by atoms with Crippen LogP contribution in [0.25, 0.3) is 0 Å². The number of rotatable bonds is 15. The fourth-order valence-corrected chi connectivity index (χ4v) is 4.33. The first-order valence-electron chi connectivity index (χ1n) is 12.8. The summed E-state index contributed by atoms with van der Waals surface area (Å²) in [6.45, 7) is 0.496. The number of nitrogens with zero attached hydrogens (tertiary/aromatic N) is 2. The Hall–Kier alpha value is -4.20. The molecule has 1 saturated heterocycles. The number of carboxylic acid groups (broad SMARTS) is 1. The number of hydrogen-bond acceptors (Lipinski definition) is 7. The van der Waals surface area contributed by atoms with Crippen molar-refractivity contribution in [1.29, 1.82) is 0 Å². The predicted molar refractivity (Wildman–Crippen MR) is 143 cm³/mol. The van der Waals surface area contributed by atoms with Crippen LogP contribution in [-0.4, -0.2) is 82.8 Å². The molecule has 0 bridgehead atoms. The van der Waals surface area contributed by atoms with E-state index in [-0.39, 0.29) is 44.1 Å². The van der Waals surface area contributed by atoms with Crippen molar-refractivity contribution in [2.75, 3.05) is 13.1 Å². The summed E-state index contributed by atoms with van der Waals surface area (Å²) in [6, 6.07) is 5.00. The standard InChI is InChI=1S/C25H38N8O6/c26-16(14-15-6-2-1-3-7-15)23(37)33-13-5-9-19(33)22(36)31-17(10-11-20(27)34)21(35)32-18(24(38)39)8-4-12-30-25(28)29/h1-3,6-7,16-19H,4-5,8-14,26H2,(H2,27,34)(H,31,36)(H,32,35)(H,38,39)(H4,28,29,30). The van der Waals surface area contributed by atoms with Crippen LogP contribution in [0.2, 0.25) is 0 Å². The van der Waals surface area contributed by atoms with E-state index in [0.717, 1.165) is 5.56 Å². The topological polar surface area (TPSA) is 249 Å². The fourth-order valence-electron chi connectivity index (χ4n) is 4.33. The number of guanidine groups is 1. The first-order valence-corrected chi connectivity index (χ1v) is 12.8. The summed E-state index contributed by atoms with van der Waals surface area (Å²) >= 11 is 0. The summed E-state index contributed by atoms with van der Waals surface area (Å²) in [7, 11) is 0. The van der Waals surface area contributed by atoms with E-state index in [1.165, 1.54) is 4.90 Å². The smallest absolute Gasteiger partial charge is 0.326 e. The molecule has 1 heterocycles. The fraction of sp³-hybridized carbons (Fsp3) is 0.520. The molecule has 14 nitrogen and oxygen atoms in total. The van der Waals surface area contributed by atoms with E-state index in [2.05, 4.69) is 15.6 Å². The van der Waals surface area contributed by atoms with E-state index in [0.29, 0.717) is 25.8 Å². The van der Waals surface area contributed by atoms with Crippen LogP contribution in [0.15, 0.2) is 35.3 Å². The van der Waals surface area contributed by atoms with Crippen LogP contribution in [0.1, 0.15) is 44.1 Å². The summed E-state index contributed by atoms with van der Waals surface area (Å²) in [6.07, 6.45) is 1.15. The molecule has 11 N–H and O–H groups in total. The third-order valence-corrected chi connectivity index (χ3v) is 6.33. The zero-order chi connectivity index (χ0) is 28.9. The number of carbonyl (C=O) groups is 5. The van der Waals surface area contributed by atoms with Crippen molar-refractivity contribution < 1.29 is 29.1 Å². The van der Waals surface area contributed by atoms with Gasteiger partial charge < -0.3 is 43.6 Å². The van der Waals surface area contributed by atoms with Crippen molar-refractivity contribution in [3.63, 3.8) is 0 Å². The van der Waals surface area contributed by atoms with Gasteiger partial charge in [-0.15, -0.1) is 0 Å². The highest BCUT2D eigenvalue weighted by molar-refractivity contribution is 5.94. The number of primary amides is 1. The quantitative estimate of drug-likeness (QED) is 0.0723. The van der Waals surface area contributed by atoms with Gasteiger partial charge in [0, 0.05) is 19.5 Å². The Balaban J connectivity index is 2.07. The minimum Gasteiger partial charge on any atom is -0.480 e. The highest BCUT2D eigenvalue weighted by atomic mass is 16.4. The molecule has 4 atom stereocenters. The summed E-state index contributed by atoms with van der Waals surface area (Å²) in [4.78, 5) is 67.5. The molecule has 1 aromatic rings. The SMILES string of the molecule is NC(=O)CCC(NC(=O)C1CCCN1C(=O)C(N)Cc1ccccc1)C(=O)NC(CCCN=C(N)N)C(=O)O. The van der Waals surface area contributed by atoms with Gasteiger partial charge in [0.05, 0.1) is 6.04 Å². The Labute approximate surface area is 226 Å². The number of likely N-dealkylation sites (tertiary alicyclic amines) is 1. The van der Waals surface area contributed by atoms with Crippen LogP contribution in [0.3, 0.4) is 0 Å². The van der Waals surface area contributed by atoms with Gasteiger partial charge in [-0.2, -0.15) is 0 Å². The van der Waals surface area contributed by atoms with E-state index in [4.69, 9.17) is 22.9 Å². The van der Waals surface area contributed by atoms with E-state index in [9.17, 15) is 29.1 Å². The second-order valence-electron chi connectivity index (χ2n) is 9.40. The molecule has 0 saturated carbocycles. The molecule has 214 valence electrons. The zero-order valence-corrected chi connectivity index (χ0v) is 21.8. The van der Waals surface area contributed by atoms with Crippen molar-refractivity contribution in [2.45, 2.75) is 69.1 Å². The normalized spacial score (nSPS) is 16.9. The molecule has 0 spiro atoms. The summed E-state index contributed by atoms with van der Waals surface area (Å²) in [5, 5.41) is 14.5. The lowest BCUT2D eigenvalue weighted by Gasteiger charge is -2.28. The monoisotopic (exact) mass is 546 g/mol. The third kappa shape index (κ3) is 10.2. The van der Waals surface area contributed by atoms with Gasteiger partial charge in [-0.1, -0.05) is 30.3 Å². The zero-order valence-electron chi connectivity index (χ0n) is 21.8. The number of carbonyl (C=O) groups excluding carboxylic acids is 4. The van der Waals surface area contributed by atoms with Crippen molar-refractivity contribution in [1.82, 2.24) is 15.5 Å². The lowest BCUT2D eigenvalue weighted by Crippen LogP contribution is -2.56. The van der Waals surface area contributed by atoms with Gasteiger partial charge in [0.25, 0.3) is 0 Å². The van der Waals surface area contributed by atoms with Gasteiger partial charge in [0.15, 0.2) is 5.96 Å². The molecule has 4 unspecified atom stereocenters. The molecule has 1 fully saturated rings. The second-order valence-corrected chi connectivity index (χ2v) is 9.40. The maximum absolute atomic E-state index is 13.2.